The van der Waals surface area contributed by atoms with E-state index in [0.717, 1.165) is 0 Å². The molecule has 20 heavy (non-hydrogen) atoms. The summed E-state index contributed by atoms with van der Waals surface area (Å²) in [6.45, 7) is 6.63. The fourth-order valence-corrected chi connectivity index (χ4v) is 2.67. The zero-order valence-electron chi connectivity index (χ0n) is 11.7. The molecular weight excluding hydrogens is 274 g/mol. The maximum absolute atomic E-state index is 10.9. The number of hydrogen-bond acceptors (Lipinski definition) is 5. The predicted molar refractivity (Wildman–Crippen MR) is 79.6 cm³/mol. The molecule has 5 nitrogen and oxygen atoms in total. The molecule has 2 rings (SSSR count). The van der Waals surface area contributed by atoms with Gasteiger partial charge in [0, 0.05) is 23.0 Å². The molecule has 2 N–H and O–H groups in total. The lowest BCUT2D eigenvalue weighted by molar-refractivity contribution is 0.0695. The normalized spacial score (nSPS) is 11.3. The largest absolute Gasteiger partial charge is 0.478 e. The first-order chi connectivity index (χ1) is 9.40. The number of carboxylic acids is 1. The smallest absolute Gasteiger partial charge is 0.339 e. The molecule has 0 atom stereocenters. The third-order valence-corrected chi connectivity index (χ3v) is 4.32. The second kappa shape index (κ2) is 5.58. The van der Waals surface area contributed by atoms with Gasteiger partial charge >= 0.3 is 5.97 Å². The molecule has 0 aliphatic carbocycles. The highest BCUT2D eigenvalue weighted by Gasteiger charge is 2.22. The molecule has 0 saturated carbocycles. The number of aryl methyl sites for hydroxylation is 1. The van der Waals surface area contributed by atoms with Crippen LogP contribution in [0.25, 0.3) is 0 Å². The fraction of sp³-hybridized carbons (Fsp3) is 0.357. The van der Waals surface area contributed by atoms with E-state index in [1.54, 1.807) is 18.3 Å². The van der Waals surface area contributed by atoms with Crippen LogP contribution in [0.3, 0.4) is 0 Å². The zero-order chi connectivity index (χ0) is 14.8. The van der Waals surface area contributed by atoms with Crippen molar-refractivity contribution in [3.05, 3.63) is 39.8 Å². The van der Waals surface area contributed by atoms with Crippen molar-refractivity contribution < 1.29 is 9.90 Å². The van der Waals surface area contributed by atoms with Crippen molar-refractivity contribution in [3.63, 3.8) is 0 Å². The molecule has 0 aromatic carbocycles. The number of carbonyl (C=O) groups is 1. The highest BCUT2D eigenvalue weighted by Crippen LogP contribution is 2.27. The Morgan fingerprint density at radius 1 is 1.50 bits per heavy atom. The minimum absolute atomic E-state index is 0.0309. The average molecular weight is 291 g/mol. The van der Waals surface area contributed by atoms with Gasteiger partial charge in [-0.25, -0.2) is 14.8 Å². The van der Waals surface area contributed by atoms with Crippen LogP contribution >= 0.6 is 11.3 Å². The molecule has 2 aromatic rings. The van der Waals surface area contributed by atoms with E-state index in [1.165, 1.54) is 11.1 Å². The number of anilines is 1. The Labute approximate surface area is 121 Å². The molecule has 106 valence electrons. The van der Waals surface area contributed by atoms with E-state index in [-0.39, 0.29) is 11.0 Å². The predicted octanol–water partition coefficient (Wildman–Crippen LogP) is 2.93. The molecular formula is C14H17N3O2S. The average Bonchev–Trinajstić information content (AvgIpc) is 2.90. The molecule has 0 saturated heterocycles. The Kier molecular flexibility index (Phi) is 4.04. The van der Waals surface area contributed by atoms with E-state index < -0.39 is 5.97 Å². The van der Waals surface area contributed by atoms with Crippen LogP contribution in [0.5, 0.6) is 0 Å². The molecule has 0 spiro atoms. The standard InChI is InChI=1S/C14H17N3O2S/c1-9-10(12(18)19)7-15-13(17-9)16-8-14(2,3)11-5-4-6-20-11/h4-7H,8H2,1-3H3,(H,18,19)(H,15,16,17). The Hall–Kier alpha value is -1.95. The van der Waals surface area contributed by atoms with Crippen molar-refractivity contribution in [2.24, 2.45) is 0 Å². The van der Waals surface area contributed by atoms with Gasteiger partial charge in [0.25, 0.3) is 0 Å². The number of aromatic nitrogens is 2. The highest BCUT2D eigenvalue weighted by molar-refractivity contribution is 7.10. The molecule has 0 unspecified atom stereocenters. The first kappa shape index (κ1) is 14.5. The molecule has 2 aromatic heterocycles. The van der Waals surface area contributed by atoms with Crippen molar-refractivity contribution in [2.75, 3.05) is 11.9 Å². The van der Waals surface area contributed by atoms with Gasteiger partial charge in [0.15, 0.2) is 0 Å². The summed E-state index contributed by atoms with van der Waals surface area (Å²) in [7, 11) is 0. The summed E-state index contributed by atoms with van der Waals surface area (Å²) in [6, 6.07) is 4.13. The van der Waals surface area contributed by atoms with Gasteiger partial charge in [-0.15, -0.1) is 11.3 Å². The maximum Gasteiger partial charge on any atom is 0.339 e. The third kappa shape index (κ3) is 3.14. The van der Waals surface area contributed by atoms with Gasteiger partial charge in [-0.1, -0.05) is 19.9 Å². The van der Waals surface area contributed by atoms with E-state index in [4.69, 9.17) is 5.11 Å². The minimum Gasteiger partial charge on any atom is -0.478 e. The molecule has 0 bridgehead atoms. The molecule has 0 amide bonds. The first-order valence-corrected chi connectivity index (χ1v) is 7.13. The van der Waals surface area contributed by atoms with E-state index in [9.17, 15) is 4.79 Å². The third-order valence-electron chi connectivity index (χ3n) is 3.09. The lowest BCUT2D eigenvalue weighted by Gasteiger charge is -2.23. The Bertz CT molecular complexity index is 609. The number of thiophene rings is 1. The van der Waals surface area contributed by atoms with Gasteiger partial charge in [0.05, 0.1) is 11.3 Å². The molecule has 2 heterocycles. The van der Waals surface area contributed by atoms with E-state index in [0.29, 0.717) is 18.2 Å². The Morgan fingerprint density at radius 2 is 2.25 bits per heavy atom. The van der Waals surface area contributed by atoms with Crippen molar-refractivity contribution in [1.29, 1.82) is 0 Å². The minimum atomic E-state index is -1.01. The number of rotatable bonds is 5. The second-order valence-corrected chi connectivity index (χ2v) is 6.16. The summed E-state index contributed by atoms with van der Waals surface area (Å²) in [4.78, 5) is 20.4. The number of aromatic carboxylic acids is 1. The zero-order valence-corrected chi connectivity index (χ0v) is 12.5. The maximum atomic E-state index is 10.9. The summed E-state index contributed by atoms with van der Waals surface area (Å²) in [5.41, 5.74) is 0.564. The van der Waals surface area contributed by atoms with Gasteiger partial charge in [-0.3, -0.25) is 0 Å². The summed E-state index contributed by atoms with van der Waals surface area (Å²) in [5.74, 6) is -0.551. The quantitative estimate of drug-likeness (QED) is 0.886. The van der Waals surface area contributed by atoms with Crippen LogP contribution < -0.4 is 5.32 Å². The second-order valence-electron chi connectivity index (χ2n) is 5.21. The van der Waals surface area contributed by atoms with Crippen LogP contribution in [0.15, 0.2) is 23.7 Å². The SMILES string of the molecule is Cc1nc(NCC(C)(C)c2cccs2)ncc1C(=O)O. The van der Waals surface area contributed by atoms with Gasteiger partial charge in [0.2, 0.25) is 5.95 Å². The summed E-state index contributed by atoms with van der Waals surface area (Å²) in [5, 5.41) is 14.2. The van der Waals surface area contributed by atoms with Crippen molar-refractivity contribution in [3.8, 4) is 0 Å². The van der Waals surface area contributed by atoms with Crippen LogP contribution in [0, 0.1) is 6.92 Å². The van der Waals surface area contributed by atoms with Crippen molar-refractivity contribution >= 4 is 23.3 Å². The van der Waals surface area contributed by atoms with Crippen LogP contribution in [0.2, 0.25) is 0 Å². The summed E-state index contributed by atoms with van der Waals surface area (Å²) < 4.78 is 0. The monoisotopic (exact) mass is 291 g/mol. The van der Waals surface area contributed by atoms with Crippen LogP contribution in [-0.4, -0.2) is 27.6 Å². The molecule has 0 aliphatic heterocycles. The van der Waals surface area contributed by atoms with Crippen molar-refractivity contribution in [2.45, 2.75) is 26.2 Å². The van der Waals surface area contributed by atoms with Gasteiger partial charge < -0.3 is 10.4 Å². The topological polar surface area (TPSA) is 75.1 Å². The first-order valence-electron chi connectivity index (χ1n) is 6.25. The highest BCUT2D eigenvalue weighted by atomic mass is 32.1. The van der Waals surface area contributed by atoms with Gasteiger partial charge in [0.1, 0.15) is 0 Å². The summed E-state index contributed by atoms with van der Waals surface area (Å²) in [6.07, 6.45) is 1.34. The van der Waals surface area contributed by atoms with Crippen molar-refractivity contribution in [1.82, 2.24) is 9.97 Å². The number of nitrogens with one attached hydrogen (secondary N) is 1. The lowest BCUT2D eigenvalue weighted by Crippen LogP contribution is -2.27. The number of carboxylic acid groups (broad SMARTS) is 1. The lowest BCUT2D eigenvalue weighted by atomic mass is 9.91. The van der Waals surface area contributed by atoms with E-state index in [1.807, 2.05) is 6.07 Å². The van der Waals surface area contributed by atoms with Crippen LogP contribution in [0.4, 0.5) is 5.95 Å². The molecule has 0 fully saturated rings. The fourth-order valence-electron chi connectivity index (χ4n) is 1.81. The summed E-state index contributed by atoms with van der Waals surface area (Å²) >= 11 is 1.72. The Morgan fingerprint density at radius 3 is 2.80 bits per heavy atom. The van der Waals surface area contributed by atoms with E-state index in [2.05, 4.69) is 40.6 Å². The van der Waals surface area contributed by atoms with Gasteiger partial charge in [-0.2, -0.15) is 0 Å². The van der Waals surface area contributed by atoms with E-state index >= 15 is 0 Å². The van der Waals surface area contributed by atoms with Gasteiger partial charge in [-0.05, 0) is 18.4 Å². The van der Waals surface area contributed by atoms with Crippen LogP contribution in [-0.2, 0) is 5.41 Å². The molecule has 0 aliphatic rings. The van der Waals surface area contributed by atoms with Crippen LogP contribution in [0.1, 0.15) is 34.8 Å². The number of nitrogens with zero attached hydrogens (tertiary/aromatic N) is 2. The molecule has 0 radical (unpaired) electrons. The number of hydrogen-bond donors (Lipinski definition) is 2. The molecule has 6 heteroatoms. The Balaban J connectivity index is 2.08.